The van der Waals surface area contributed by atoms with E-state index >= 15 is 0 Å². The first kappa shape index (κ1) is 11.6. The van der Waals surface area contributed by atoms with Gasteiger partial charge in [-0.25, -0.2) is 9.78 Å². The van der Waals surface area contributed by atoms with E-state index in [0.717, 1.165) is 5.69 Å². The molecule has 1 N–H and O–H groups in total. The number of carboxylic acid groups (broad SMARTS) is 1. The van der Waals surface area contributed by atoms with Crippen LogP contribution in [0.25, 0.3) is 11.1 Å². The highest BCUT2D eigenvalue weighted by molar-refractivity contribution is 5.91. The summed E-state index contributed by atoms with van der Waals surface area (Å²) in [5, 5.41) is 9.51. The minimum atomic E-state index is -1.10. The number of hydrogen-bond acceptors (Lipinski definition) is 4. The maximum atomic E-state index is 10.8. The van der Waals surface area contributed by atoms with Crippen LogP contribution in [0.4, 0.5) is 0 Å². The third kappa shape index (κ3) is 2.00. The second-order valence-corrected chi connectivity index (χ2v) is 5.02. The average molecular weight is 234 g/mol. The van der Waals surface area contributed by atoms with Crippen LogP contribution < -0.4 is 0 Å². The highest BCUT2D eigenvalue weighted by Gasteiger charge is 2.21. The van der Waals surface area contributed by atoms with Crippen molar-refractivity contribution in [2.45, 2.75) is 33.1 Å². The van der Waals surface area contributed by atoms with Crippen LogP contribution in [0.15, 0.2) is 10.5 Å². The van der Waals surface area contributed by atoms with Gasteiger partial charge in [-0.05, 0) is 6.92 Å². The van der Waals surface area contributed by atoms with E-state index in [1.165, 1.54) is 6.07 Å². The van der Waals surface area contributed by atoms with Gasteiger partial charge in [0.2, 0.25) is 11.5 Å². The van der Waals surface area contributed by atoms with Crippen molar-refractivity contribution in [3.05, 3.63) is 23.3 Å². The minimum Gasteiger partial charge on any atom is -0.475 e. The zero-order valence-corrected chi connectivity index (χ0v) is 10.2. The van der Waals surface area contributed by atoms with E-state index in [1.54, 1.807) is 0 Å². The number of aryl methyl sites for hydroxylation is 1. The van der Waals surface area contributed by atoms with E-state index in [9.17, 15) is 4.79 Å². The Balaban J connectivity index is 2.69. The SMILES string of the molecule is Cc1nc(C(C)(C)C)nc2oc(C(=O)O)cc12. The molecule has 0 aliphatic carbocycles. The van der Waals surface area contributed by atoms with Crippen molar-refractivity contribution in [3.8, 4) is 0 Å². The predicted octanol–water partition coefficient (Wildman–Crippen LogP) is 2.53. The Morgan fingerprint density at radius 1 is 1.35 bits per heavy atom. The lowest BCUT2D eigenvalue weighted by molar-refractivity contribution is 0.0664. The van der Waals surface area contributed by atoms with Crippen molar-refractivity contribution in [1.29, 1.82) is 0 Å². The number of carbonyl (C=O) groups is 1. The summed E-state index contributed by atoms with van der Waals surface area (Å²) in [6.07, 6.45) is 0. The molecule has 0 spiro atoms. The molecule has 0 fully saturated rings. The predicted molar refractivity (Wildman–Crippen MR) is 62.2 cm³/mol. The molecule has 0 saturated heterocycles. The topological polar surface area (TPSA) is 76.2 Å². The van der Waals surface area contributed by atoms with Crippen molar-refractivity contribution in [2.24, 2.45) is 0 Å². The normalized spacial score (nSPS) is 12.0. The molecule has 2 aromatic rings. The summed E-state index contributed by atoms with van der Waals surface area (Å²) in [4.78, 5) is 19.5. The Bertz CT molecular complexity index is 594. The smallest absolute Gasteiger partial charge is 0.371 e. The van der Waals surface area contributed by atoms with Crippen LogP contribution in [-0.2, 0) is 5.41 Å². The van der Waals surface area contributed by atoms with Crippen LogP contribution >= 0.6 is 0 Å². The number of carboxylic acids is 1. The molecule has 5 heteroatoms. The number of furan rings is 1. The van der Waals surface area contributed by atoms with Crippen molar-refractivity contribution in [1.82, 2.24) is 9.97 Å². The summed E-state index contributed by atoms with van der Waals surface area (Å²) in [5.41, 5.74) is 0.866. The van der Waals surface area contributed by atoms with E-state index in [4.69, 9.17) is 9.52 Å². The van der Waals surface area contributed by atoms with Gasteiger partial charge in [-0.15, -0.1) is 0 Å². The van der Waals surface area contributed by atoms with Gasteiger partial charge in [0.05, 0.1) is 11.1 Å². The first-order valence-electron chi connectivity index (χ1n) is 5.31. The molecule has 0 atom stereocenters. The van der Waals surface area contributed by atoms with Gasteiger partial charge in [-0.1, -0.05) is 20.8 Å². The van der Waals surface area contributed by atoms with Gasteiger partial charge >= 0.3 is 5.97 Å². The maximum Gasteiger partial charge on any atom is 0.371 e. The van der Waals surface area contributed by atoms with Gasteiger partial charge < -0.3 is 9.52 Å². The van der Waals surface area contributed by atoms with E-state index < -0.39 is 5.97 Å². The summed E-state index contributed by atoms with van der Waals surface area (Å²) in [5.74, 6) is -0.558. The Morgan fingerprint density at radius 2 is 2.00 bits per heavy atom. The fourth-order valence-corrected chi connectivity index (χ4v) is 1.50. The summed E-state index contributed by atoms with van der Waals surface area (Å²) < 4.78 is 5.20. The third-order valence-electron chi connectivity index (χ3n) is 2.46. The number of aromatic nitrogens is 2. The zero-order chi connectivity index (χ0) is 12.8. The van der Waals surface area contributed by atoms with Crippen LogP contribution in [0, 0.1) is 6.92 Å². The molecule has 0 unspecified atom stereocenters. The van der Waals surface area contributed by atoms with Crippen LogP contribution in [-0.4, -0.2) is 21.0 Å². The molecule has 0 radical (unpaired) electrons. The fourth-order valence-electron chi connectivity index (χ4n) is 1.50. The Hall–Kier alpha value is -1.91. The van der Waals surface area contributed by atoms with Crippen molar-refractivity contribution >= 4 is 17.1 Å². The van der Waals surface area contributed by atoms with Crippen LogP contribution in [0.3, 0.4) is 0 Å². The zero-order valence-electron chi connectivity index (χ0n) is 10.2. The third-order valence-corrected chi connectivity index (χ3v) is 2.46. The lowest BCUT2D eigenvalue weighted by Gasteiger charge is -2.16. The van der Waals surface area contributed by atoms with Crippen molar-refractivity contribution in [2.75, 3.05) is 0 Å². The first-order chi connectivity index (χ1) is 7.79. The van der Waals surface area contributed by atoms with E-state index in [2.05, 4.69) is 9.97 Å². The van der Waals surface area contributed by atoms with Gasteiger partial charge in [0, 0.05) is 11.5 Å². The van der Waals surface area contributed by atoms with Gasteiger partial charge in [-0.2, -0.15) is 4.98 Å². The second-order valence-electron chi connectivity index (χ2n) is 5.02. The summed E-state index contributed by atoms with van der Waals surface area (Å²) in [6, 6.07) is 1.46. The van der Waals surface area contributed by atoms with Gasteiger partial charge in [0.1, 0.15) is 5.82 Å². The van der Waals surface area contributed by atoms with Gasteiger partial charge in [0.25, 0.3) is 0 Å². The Kier molecular flexibility index (Phi) is 2.41. The standard InChI is InChI=1S/C12H14N2O3/c1-6-7-5-8(10(15)16)17-9(7)14-11(13-6)12(2,3)4/h5H,1-4H3,(H,15,16). The highest BCUT2D eigenvalue weighted by Crippen LogP contribution is 2.25. The van der Waals surface area contributed by atoms with E-state index in [-0.39, 0.29) is 11.2 Å². The molecule has 0 aliphatic heterocycles. The van der Waals surface area contributed by atoms with Crippen LogP contribution in [0.2, 0.25) is 0 Å². The quantitative estimate of drug-likeness (QED) is 0.820. The molecule has 2 rings (SSSR count). The molecule has 2 aromatic heterocycles. The average Bonchev–Trinajstić information content (AvgIpc) is 2.60. The monoisotopic (exact) mass is 234 g/mol. The molecule has 5 nitrogen and oxygen atoms in total. The molecular weight excluding hydrogens is 220 g/mol. The van der Waals surface area contributed by atoms with Crippen LogP contribution in [0.1, 0.15) is 42.8 Å². The molecule has 0 saturated carbocycles. The maximum absolute atomic E-state index is 10.8. The molecule has 0 aromatic carbocycles. The molecular formula is C12H14N2O3. The number of hydrogen-bond donors (Lipinski definition) is 1. The molecule has 0 bridgehead atoms. The lowest BCUT2D eigenvalue weighted by Crippen LogP contribution is -2.16. The van der Waals surface area contributed by atoms with Crippen molar-refractivity contribution in [3.63, 3.8) is 0 Å². The summed E-state index contributed by atoms with van der Waals surface area (Å²) in [6.45, 7) is 7.80. The molecule has 90 valence electrons. The molecule has 17 heavy (non-hydrogen) atoms. The first-order valence-corrected chi connectivity index (χ1v) is 5.31. The van der Waals surface area contributed by atoms with Crippen molar-refractivity contribution < 1.29 is 14.3 Å². The van der Waals surface area contributed by atoms with E-state index in [1.807, 2.05) is 27.7 Å². The second kappa shape index (κ2) is 3.55. The number of nitrogens with zero attached hydrogens (tertiary/aromatic N) is 2. The number of aromatic carboxylic acids is 1. The Labute approximate surface area is 98.5 Å². The largest absolute Gasteiger partial charge is 0.475 e. The van der Waals surface area contributed by atoms with Crippen LogP contribution in [0.5, 0.6) is 0 Å². The molecule has 0 aliphatic rings. The lowest BCUT2D eigenvalue weighted by atomic mass is 9.95. The fraction of sp³-hybridized carbons (Fsp3) is 0.417. The number of rotatable bonds is 1. The Morgan fingerprint density at radius 3 is 2.53 bits per heavy atom. The summed E-state index contributed by atoms with van der Waals surface area (Å²) in [7, 11) is 0. The van der Waals surface area contributed by atoms with E-state index in [0.29, 0.717) is 16.9 Å². The van der Waals surface area contributed by atoms with Gasteiger partial charge in [-0.3, -0.25) is 0 Å². The minimum absolute atomic E-state index is 0.108. The molecule has 0 amide bonds. The summed E-state index contributed by atoms with van der Waals surface area (Å²) >= 11 is 0. The molecule has 2 heterocycles. The highest BCUT2D eigenvalue weighted by atomic mass is 16.4. The van der Waals surface area contributed by atoms with Gasteiger partial charge in [0.15, 0.2) is 0 Å². The number of fused-ring (bicyclic) bond motifs is 1.